The predicted molar refractivity (Wildman–Crippen MR) is 118 cm³/mol. The van der Waals surface area contributed by atoms with E-state index in [4.69, 9.17) is 4.74 Å². The van der Waals surface area contributed by atoms with E-state index in [1.54, 1.807) is 29.3 Å². The first-order chi connectivity index (χ1) is 15.8. The zero-order valence-electron chi connectivity index (χ0n) is 16.9. The number of anilines is 3. The van der Waals surface area contributed by atoms with Crippen LogP contribution in [0, 0.1) is 0 Å². The molecule has 0 saturated carbocycles. The molecule has 0 unspecified atom stereocenters. The van der Waals surface area contributed by atoms with Gasteiger partial charge >= 0.3 is 0 Å². The van der Waals surface area contributed by atoms with E-state index in [1.165, 1.54) is 6.33 Å². The molecular weight excluding hydrogens is 410 g/mol. The SMILES string of the molecule is Oc1[nH]cc2cc(-c3cnc(Nc4cnc(N5CCOCC5)nc4)c4ncnn34)ccc12. The number of ether oxygens (including phenoxy) is 1. The van der Waals surface area contributed by atoms with Gasteiger partial charge in [0.1, 0.15) is 6.33 Å². The summed E-state index contributed by atoms with van der Waals surface area (Å²) in [6, 6.07) is 5.74. The lowest BCUT2D eigenvalue weighted by Gasteiger charge is -2.26. The minimum Gasteiger partial charge on any atom is -0.494 e. The van der Waals surface area contributed by atoms with Crippen LogP contribution in [0.15, 0.2) is 49.3 Å². The minimum absolute atomic E-state index is 0.150. The molecule has 0 radical (unpaired) electrons. The van der Waals surface area contributed by atoms with Gasteiger partial charge in [-0.3, -0.25) is 0 Å². The Balaban J connectivity index is 1.30. The van der Waals surface area contributed by atoms with Crippen LogP contribution in [0.5, 0.6) is 5.88 Å². The van der Waals surface area contributed by atoms with Crippen molar-refractivity contribution in [3.8, 4) is 17.1 Å². The molecule has 0 aliphatic carbocycles. The van der Waals surface area contributed by atoms with Crippen molar-refractivity contribution in [3.63, 3.8) is 0 Å². The van der Waals surface area contributed by atoms with Gasteiger partial charge in [0.15, 0.2) is 17.3 Å². The Morgan fingerprint density at radius 1 is 1.03 bits per heavy atom. The molecule has 0 amide bonds. The third kappa shape index (κ3) is 3.15. The van der Waals surface area contributed by atoms with Gasteiger partial charge < -0.3 is 25.0 Å². The average molecular weight is 429 g/mol. The summed E-state index contributed by atoms with van der Waals surface area (Å²) in [5, 5.41) is 19.1. The summed E-state index contributed by atoms with van der Waals surface area (Å²) in [5.74, 6) is 1.38. The van der Waals surface area contributed by atoms with Gasteiger partial charge in [0.25, 0.3) is 0 Å². The van der Waals surface area contributed by atoms with Crippen molar-refractivity contribution in [3.05, 3.63) is 49.3 Å². The highest BCUT2D eigenvalue weighted by atomic mass is 16.5. The number of nitrogens with zero attached hydrogens (tertiary/aromatic N) is 7. The molecule has 11 heteroatoms. The summed E-state index contributed by atoms with van der Waals surface area (Å²) < 4.78 is 7.10. The van der Waals surface area contributed by atoms with Gasteiger partial charge in [-0.05, 0) is 12.1 Å². The molecule has 3 N–H and O–H groups in total. The number of morpholine rings is 1. The van der Waals surface area contributed by atoms with Crippen LogP contribution in [-0.2, 0) is 4.74 Å². The van der Waals surface area contributed by atoms with Crippen molar-refractivity contribution in [1.29, 1.82) is 0 Å². The summed E-state index contributed by atoms with van der Waals surface area (Å²) in [6.07, 6.45) is 8.45. The van der Waals surface area contributed by atoms with E-state index < -0.39 is 0 Å². The number of rotatable bonds is 4. The van der Waals surface area contributed by atoms with Gasteiger partial charge in [0, 0.05) is 35.6 Å². The van der Waals surface area contributed by atoms with Crippen molar-refractivity contribution in [2.75, 3.05) is 36.5 Å². The van der Waals surface area contributed by atoms with E-state index in [0.717, 1.165) is 35.1 Å². The fraction of sp³-hybridized carbons (Fsp3) is 0.190. The largest absolute Gasteiger partial charge is 0.494 e. The van der Waals surface area contributed by atoms with Gasteiger partial charge in [-0.1, -0.05) is 6.07 Å². The molecule has 0 spiro atoms. The monoisotopic (exact) mass is 429 g/mol. The molecule has 160 valence electrons. The molecule has 5 aromatic rings. The summed E-state index contributed by atoms with van der Waals surface area (Å²) >= 11 is 0. The summed E-state index contributed by atoms with van der Waals surface area (Å²) in [5.41, 5.74) is 2.97. The van der Waals surface area contributed by atoms with Crippen LogP contribution >= 0.6 is 0 Å². The first kappa shape index (κ1) is 18.5. The molecule has 1 fully saturated rings. The Labute approximate surface area is 181 Å². The van der Waals surface area contributed by atoms with Crippen molar-refractivity contribution in [2.24, 2.45) is 0 Å². The molecule has 1 aliphatic heterocycles. The Hall–Kier alpha value is -4.25. The van der Waals surface area contributed by atoms with Gasteiger partial charge in [0.2, 0.25) is 5.95 Å². The number of aromatic amines is 1. The molecule has 1 aromatic carbocycles. The van der Waals surface area contributed by atoms with E-state index in [-0.39, 0.29) is 5.88 Å². The van der Waals surface area contributed by atoms with E-state index in [1.807, 2.05) is 18.2 Å². The first-order valence-electron chi connectivity index (χ1n) is 10.2. The molecule has 32 heavy (non-hydrogen) atoms. The molecule has 5 heterocycles. The lowest BCUT2D eigenvalue weighted by atomic mass is 10.1. The quantitative estimate of drug-likeness (QED) is 0.394. The Kier molecular flexibility index (Phi) is 4.32. The van der Waals surface area contributed by atoms with Crippen LogP contribution in [0.1, 0.15) is 0 Å². The summed E-state index contributed by atoms with van der Waals surface area (Å²) in [4.78, 5) is 22.8. The lowest BCUT2D eigenvalue weighted by Crippen LogP contribution is -2.37. The Morgan fingerprint density at radius 3 is 2.72 bits per heavy atom. The van der Waals surface area contributed by atoms with Gasteiger partial charge in [0.05, 0.1) is 43.2 Å². The highest BCUT2D eigenvalue weighted by Crippen LogP contribution is 2.30. The molecule has 11 nitrogen and oxygen atoms in total. The van der Waals surface area contributed by atoms with Gasteiger partial charge in [-0.25, -0.2) is 24.5 Å². The Bertz CT molecular complexity index is 1400. The number of hydrogen-bond acceptors (Lipinski definition) is 9. The maximum absolute atomic E-state index is 9.86. The van der Waals surface area contributed by atoms with Crippen molar-refractivity contribution in [2.45, 2.75) is 0 Å². The maximum atomic E-state index is 9.86. The number of aromatic nitrogens is 7. The van der Waals surface area contributed by atoms with Gasteiger partial charge in [-0.2, -0.15) is 5.10 Å². The highest BCUT2D eigenvalue weighted by molar-refractivity contribution is 5.91. The van der Waals surface area contributed by atoms with Crippen LogP contribution in [0.25, 0.3) is 27.7 Å². The normalized spacial score (nSPS) is 14.3. The fourth-order valence-electron chi connectivity index (χ4n) is 3.83. The zero-order valence-corrected chi connectivity index (χ0v) is 16.9. The van der Waals surface area contributed by atoms with Crippen molar-refractivity contribution < 1.29 is 9.84 Å². The standard InChI is InChI=1S/C21H19N9O2/c31-20-16-2-1-13(7-14(16)8-23-20)17-11-22-18(19-26-12-27-30(17)19)28-15-9-24-21(25-10-15)29-3-5-32-6-4-29/h1-2,7-12,23,31H,3-6H2,(H,22,28). The topological polar surface area (TPSA) is 129 Å². The molecule has 6 rings (SSSR count). The minimum atomic E-state index is 0.150. The zero-order chi connectivity index (χ0) is 21.5. The second kappa shape index (κ2) is 7.46. The average Bonchev–Trinajstić information content (AvgIpc) is 3.48. The number of nitrogens with one attached hydrogen (secondary N) is 2. The summed E-state index contributed by atoms with van der Waals surface area (Å²) in [7, 11) is 0. The molecule has 4 aromatic heterocycles. The molecule has 1 saturated heterocycles. The molecular formula is C21H19N9O2. The van der Waals surface area contributed by atoms with Gasteiger partial charge in [-0.15, -0.1) is 0 Å². The van der Waals surface area contributed by atoms with Crippen molar-refractivity contribution in [1.82, 2.24) is 34.5 Å². The van der Waals surface area contributed by atoms with E-state index >= 15 is 0 Å². The van der Waals surface area contributed by atoms with Crippen LogP contribution in [0.2, 0.25) is 0 Å². The number of benzene rings is 1. The fourth-order valence-corrected chi connectivity index (χ4v) is 3.83. The van der Waals surface area contributed by atoms with Crippen molar-refractivity contribution >= 4 is 33.9 Å². The van der Waals surface area contributed by atoms with E-state index in [0.29, 0.717) is 36.3 Å². The second-order valence-electron chi connectivity index (χ2n) is 7.42. The number of aromatic hydroxyl groups is 1. The maximum Gasteiger partial charge on any atom is 0.225 e. The number of hydrogen-bond donors (Lipinski definition) is 3. The first-order valence-corrected chi connectivity index (χ1v) is 10.2. The van der Waals surface area contributed by atoms with Crippen LogP contribution < -0.4 is 10.2 Å². The third-order valence-corrected chi connectivity index (χ3v) is 5.47. The van der Waals surface area contributed by atoms with Crippen LogP contribution in [0.4, 0.5) is 17.5 Å². The predicted octanol–water partition coefficient (Wildman–Crippen LogP) is 2.35. The van der Waals surface area contributed by atoms with E-state index in [2.05, 4.69) is 40.2 Å². The molecule has 0 atom stereocenters. The Morgan fingerprint density at radius 2 is 1.88 bits per heavy atom. The van der Waals surface area contributed by atoms with Crippen LogP contribution in [-0.4, -0.2) is 65.9 Å². The molecule has 0 bridgehead atoms. The number of fused-ring (bicyclic) bond motifs is 2. The number of H-pyrrole nitrogens is 1. The second-order valence-corrected chi connectivity index (χ2v) is 7.42. The smallest absolute Gasteiger partial charge is 0.225 e. The van der Waals surface area contributed by atoms with Crippen LogP contribution in [0.3, 0.4) is 0 Å². The molecule has 1 aliphatic rings. The lowest BCUT2D eigenvalue weighted by molar-refractivity contribution is 0.122. The summed E-state index contributed by atoms with van der Waals surface area (Å²) in [6.45, 7) is 2.93. The van der Waals surface area contributed by atoms with E-state index in [9.17, 15) is 5.11 Å². The third-order valence-electron chi connectivity index (χ3n) is 5.47. The highest BCUT2D eigenvalue weighted by Gasteiger charge is 2.15.